The van der Waals surface area contributed by atoms with Gasteiger partial charge < -0.3 is 5.11 Å². The molecule has 11 heavy (non-hydrogen) atoms. The van der Waals surface area contributed by atoms with Gasteiger partial charge in [0.2, 0.25) is 0 Å². The number of hydrogen-bond donors (Lipinski definition) is 1. The molecule has 2 rings (SSSR count). The van der Waals surface area contributed by atoms with Crippen molar-refractivity contribution in [1.82, 2.24) is 0 Å². The van der Waals surface area contributed by atoms with Gasteiger partial charge >= 0.3 is 0 Å². The Kier molecular flexibility index (Phi) is 1.34. The monoisotopic (exact) mass is 152 g/mol. The Hall–Kier alpha value is -1.05. The first-order chi connectivity index (χ1) is 5.27. The fourth-order valence-corrected chi connectivity index (χ4v) is 1.20. The molecule has 0 radical (unpaired) electrons. The maximum Gasteiger partial charge on any atom is 0.164 e. The summed E-state index contributed by atoms with van der Waals surface area (Å²) in [7, 11) is 0. The van der Waals surface area contributed by atoms with Crippen molar-refractivity contribution in [3.63, 3.8) is 0 Å². The highest BCUT2D eigenvalue weighted by atomic mass is 19.1. The highest BCUT2D eigenvalue weighted by molar-refractivity contribution is 5.33. The van der Waals surface area contributed by atoms with Crippen LogP contribution in [-0.4, -0.2) is 5.11 Å². The predicted octanol–water partition coefficient (Wildman–Crippen LogP) is 2.41. The van der Waals surface area contributed by atoms with Crippen LogP contribution in [0.15, 0.2) is 18.2 Å². The Morgan fingerprint density at radius 2 is 2.09 bits per heavy atom. The summed E-state index contributed by atoms with van der Waals surface area (Å²) in [5, 5.41) is 9.00. The lowest BCUT2D eigenvalue weighted by Crippen LogP contribution is -1.81. The van der Waals surface area contributed by atoms with Crippen molar-refractivity contribution in [1.29, 1.82) is 0 Å². The molecule has 0 bridgehead atoms. The second-order valence-corrected chi connectivity index (χ2v) is 2.99. The van der Waals surface area contributed by atoms with E-state index in [1.54, 1.807) is 6.07 Å². The van der Waals surface area contributed by atoms with Crippen molar-refractivity contribution >= 4 is 0 Å². The van der Waals surface area contributed by atoms with Crippen LogP contribution in [0.2, 0.25) is 0 Å². The molecular formula is C9H9FO. The molecular weight excluding hydrogens is 143 g/mol. The Morgan fingerprint density at radius 1 is 1.36 bits per heavy atom. The zero-order chi connectivity index (χ0) is 7.84. The van der Waals surface area contributed by atoms with Crippen LogP contribution >= 0.6 is 0 Å². The molecule has 1 aliphatic rings. The summed E-state index contributed by atoms with van der Waals surface area (Å²) in [5.41, 5.74) is 1.06. The molecule has 58 valence electrons. The normalized spacial score (nSPS) is 16.8. The summed E-state index contributed by atoms with van der Waals surface area (Å²) in [6, 6.07) is 4.59. The summed E-state index contributed by atoms with van der Waals surface area (Å²) in [6.07, 6.45) is 2.34. The summed E-state index contributed by atoms with van der Waals surface area (Å²) in [4.78, 5) is 0. The van der Waals surface area contributed by atoms with Crippen molar-refractivity contribution in [2.24, 2.45) is 0 Å². The van der Waals surface area contributed by atoms with Gasteiger partial charge in [0, 0.05) is 0 Å². The number of aromatic hydroxyl groups is 1. The van der Waals surface area contributed by atoms with Gasteiger partial charge in [-0.2, -0.15) is 0 Å². The van der Waals surface area contributed by atoms with Gasteiger partial charge in [-0.3, -0.25) is 0 Å². The second kappa shape index (κ2) is 2.22. The van der Waals surface area contributed by atoms with E-state index >= 15 is 0 Å². The Labute approximate surface area is 64.5 Å². The van der Waals surface area contributed by atoms with E-state index in [1.165, 1.54) is 25.0 Å². The summed E-state index contributed by atoms with van der Waals surface area (Å²) in [6.45, 7) is 0. The van der Waals surface area contributed by atoms with Gasteiger partial charge in [-0.15, -0.1) is 0 Å². The highest BCUT2D eigenvalue weighted by Crippen LogP contribution is 2.41. The van der Waals surface area contributed by atoms with Crippen molar-refractivity contribution in [3.8, 4) is 5.75 Å². The predicted molar refractivity (Wildman–Crippen MR) is 40.0 cm³/mol. The van der Waals surface area contributed by atoms with E-state index in [-0.39, 0.29) is 5.75 Å². The minimum Gasteiger partial charge on any atom is -0.505 e. The van der Waals surface area contributed by atoms with Crippen molar-refractivity contribution in [2.45, 2.75) is 18.8 Å². The fourth-order valence-electron chi connectivity index (χ4n) is 1.20. The van der Waals surface area contributed by atoms with Crippen molar-refractivity contribution in [2.75, 3.05) is 0 Å². The minimum absolute atomic E-state index is 0.227. The highest BCUT2D eigenvalue weighted by Gasteiger charge is 2.23. The van der Waals surface area contributed by atoms with E-state index in [4.69, 9.17) is 5.11 Å². The first kappa shape index (κ1) is 6.65. The van der Waals surface area contributed by atoms with Crippen LogP contribution in [0.5, 0.6) is 5.75 Å². The van der Waals surface area contributed by atoms with Gasteiger partial charge in [-0.05, 0) is 36.5 Å². The summed E-state index contributed by atoms with van der Waals surface area (Å²) >= 11 is 0. The molecule has 2 heteroatoms. The van der Waals surface area contributed by atoms with Gasteiger partial charge in [0.1, 0.15) is 0 Å². The molecule has 1 aliphatic carbocycles. The maximum absolute atomic E-state index is 12.5. The van der Waals surface area contributed by atoms with Gasteiger partial charge in [0.25, 0.3) is 0 Å². The van der Waals surface area contributed by atoms with Crippen LogP contribution in [-0.2, 0) is 0 Å². The van der Waals surface area contributed by atoms with E-state index in [9.17, 15) is 4.39 Å². The molecule has 0 heterocycles. The quantitative estimate of drug-likeness (QED) is 0.655. The van der Waals surface area contributed by atoms with E-state index in [0.29, 0.717) is 5.92 Å². The lowest BCUT2D eigenvalue weighted by molar-refractivity contribution is 0.431. The van der Waals surface area contributed by atoms with E-state index in [1.807, 2.05) is 0 Å². The summed E-state index contributed by atoms with van der Waals surface area (Å²) < 4.78 is 12.5. The van der Waals surface area contributed by atoms with Gasteiger partial charge in [-0.1, -0.05) is 6.07 Å². The van der Waals surface area contributed by atoms with Crippen molar-refractivity contribution < 1.29 is 9.50 Å². The second-order valence-electron chi connectivity index (χ2n) is 2.99. The lowest BCUT2D eigenvalue weighted by atomic mass is 10.1. The fraction of sp³-hybridized carbons (Fsp3) is 0.333. The molecule has 1 aromatic rings. The van der Waals surface area contributed by atoms with Gasteiger partial charge in [0.15, 0.2) is 11.6 Å². The third-order valence-electron chi connectivity index (χ3n) is 2.02. The zero-order valence-corrected chi connectivity index (χ0v) is 6.05. The van der Waals surface area contributed by atoms with E-state index < -0.39 is 5.82 Å². The number of phenols is 1. The largest absolute Gasteiger partial charge is 0.505 e. The number of halogens is 1. The average molecular weight is 152 g/mol. The number of benzene rings is 1. The van der Waals surface area contributed by atoms with Gasteiger partial charge in [-0.25, -0.2) is 4.39 Å². The molecule has 1 aromatic carbocycles. The van der Waals surface area contributed by atoms with Crippen molar-refractivity contribution in [3.05, 3.63) is 29.6 Å². The molecule has 0 aromatic heterocycles. The third kappa shape index (κ3) is 1.20. The standard InChI is InChI=1S/C9H9FO/c10-8-4-3-7(5-9(8)11)6-1-2-6/h3-6,11H,1-2H2. The zero-order valence-electron chi connectivity index (χ0n) is 6.05. The molecule has 1 N–H and O–H groups in total. The first-order valence-electron chi connectivity index (χ1n) is 3.76. The molecule has 0 spiro atoms. The Balaban J connectivity index is 2.36. The maximum atomic E-state index is 12.5. The summed E-state index contributed by atoms with van der Waals surface area (Å²) in [5.74, 6) is -0.190. The Morgan fingerprint density at radius 3 is 2.64 bits per heavy atom. The smallest absolute Gasteiger partial charge is 0.164 e. The molecule has 1 saturated carbocycles. The van der Waals surface area contributed by atoms with Crippen LogP contribution in [0.3, 0.4) is 0 Å². The lowest BCUT2D eigenvalue weighted by Gasteiger charge is -1.98. The molecule has 1 nitrogen and oxygen atoms in total. The SMILES string of the molecule is Oc1cc(C2CC2)ccc1F. The number of rotatable bonds is 1. The first-order valence-corrected chi connectivity index (χ1v) is 3.76. The third-order valence-corrected chi connectivity index (χ3v) is 2.02. The van der Waals surface area contributed by atoms with E-state index in [0.717, 1.165) is 5.56 Å². The molecule has 0 amide bonds. The van der Waals surface area contributed by atoms with Crippen LogP contribution in [0.4, 0.5) is 4.39 Å². The molecule has 0 unspecified atom stereocenters. The number of phenolic OH excluding ortho intramolecular Hbond substituents is 1. The molecule has 0 aliphatic heterocycles. The van der Waals surface area contributed by atoms with Crippen LogP contribution in [0.1, 0.15) is 24.3 Å². The van der Waals surface area contributed by atoms with Crippen LogP contribution in [0, 0.1) is 5.82 Å². The molecule has 0 saturated heterocycles. The molecule has 1 fully saturated rings. The minimum atomic E-state index is -0.533. The van der Waals surface area contributed by atoms with Crippen LogP contribution < -0.4 is 0 Å². The van der Waals surface area contributed by atoms with Crippen LogP contribution in [0.25, 0.3) is 0 Å². The van der Waals surface area contributed by atoms with Gasteiger partial charge in [0.05, 0.1) is 0 Å². The van der Waals surface area contributed by atoms with E-state index in [2.05, 4.69) is 0 Å². The average Bonchev–Trinajstić information content (AvgIpc) is 2.77. The number of hydrogen-bond acceptors (Lipinski definition) is 1. The topological polar surface area (TPSA) is 20.2 Å². The molecule has 0 atom stereocenters. The Bertz CT molecular complexity index is 279.